The number of carbonyl (C=O) groups is 1. The van der Waals surface area contributed by atoms with Crippen molar-refractivity contribution in [2.75, 3.05) is 14.1 Å². The molecule has 1 atom stereocenters. The minimum absolute atomic E-state index is 0.00412. The van der Waals surface area contributed by atoms with Crippen LogP contribution in [-0.4, -0.2) is 42.5 Å². The molecule has 1 unspecified atom stereocenters. The topological polar surface area (TPSA) is 60.0 Å². The van der Waals surface area contributed by atoms with Crippen LogP contribution in [0.25, 0.3) is 0 Å². The predicted molar refractivity (Wildman–Crippen MR) is 67.7 cm³/mol. The summed E-state index contributed by atoms with van der Waals surface area (Å²) in [6, 6.07) is -0.329. The molecule has 0 bridgehead atoms. The highest BCUT2D eigenvalue weighted by molar-refractivity contribution is 5.92. The second kappa shape index (κ2) is 5.01. The van der Waals surface area contributed by atoms with Gasteiger partial charge in [0, 0.05) is 14.1 Å². The number of rotatable bonds is 4. The van der Waals surface area contributed by atoms with Crippen LogP contribution in [0.4, 0.5) is 0 Å². The Morgan fingerprint density at radius 3 is 2.35 bits per heavy atom. The Kier molecular flexibility index (Phi) is 4.11. The summed E-state index contributed by atoms with van der Waals surface area (Å²) in [4.78, 5) is 12.4. The number of carbonyl (C=O) groups excluding carboxylic acids is 1. The van der Waals surface area contributed by atoms with Crippen molar-refractivity contribution >= 4 is 12.2 Å². The number of hydrogen-bond donors (Lipinski definition) is 2. The molecule has 0 saturated heterocycles. The minimum Gasteiger partial charge on any atom is -0.270 e. The van der Waals surface area contributed by atoms with Crippen LogP contribution in [-0.2, 0) is 4.79 Å². The molecule has 1 aliphatic rings. The van der Waals surface area contributed by atoms with Gasteiger partial charge < -0.3 is 0 Å². The summed E-state index contributed by atoms with van der Waals surface area (Å²) in [5, 5.41) is 7.26. The van der Waals surface area contributed by atoms with Crippen molar-refractivity contribution in [2.24, 2.45) is 16.4 Å². The maximum atomic E-state index is 12.4. The molecule has 6 heteroatoms. The van der Waals surface area contributed by atoms with Gasteiger partial charge in [0.25, 0.3) is 5.91 Å². The summed E-state index contributed by atoms with van der Waals surface area (Å²) in [5.41, 5.74) is 5.58. The zero-order chi connectivity index (χ0) is 13.2. The van der Waals surface area contributed by atoms with Crippen molar-refractivity contribution in [1.29, 1.82) is 0 Å². The molecule has 17 heavy (non-hydrogen) atoms. The molecule has 0 aromatic heterocycles. The van der Waals surface area contributed by atoms with Gasteiger partial charge in [-0.2, -0.15) is 0 Å². The fraction of sp³-hybridized carbons (Fsp3) is 0.818. The summed E-state index contributed by atoms with van der Waals surface area (Å²) in [7, 11) is 3.47. The second-order valence-corrected chi connectivity index (χ2v) is 5.11. The Balaban J connectivity index is 3.09. The van der Waals surface area contributed by atoms with E-state index in [2.05, 4.69) is 43.6 Å². The van der Waals surface area contributed by atoms with E-state index < -0.39 is 0 Å². The monoisotopic (exact) mass is 241 g/mol. The van der Waals surface area contributed by atoms with Crippen LogP contribution in [0.1, 0.15) is 27.7 Å². The normalized spacial score (nSPS) is 21.6. The van der Waals surface area contributed by atoms with E-state index in [0.717, 1.165) is 0 Å². The SMILES string of the molecule is CNN1C=NN(NC)C(C(C)(C)C(C)C)C1=O. The molecule has 1 amide bonds. The molecule has 1 heterocycles. The first-order valence-electron chi connectivity index (χ1n) is 5.87. The Hall–Kier alpha value is -1.14. The average molecular weight is 241 g/mol. The largest absolute Gasteiger partial charge is 0.270 e. The zero-order valence-corrected chi connectivity index (χ0v) is 11.5. The summed E-state index contributed by atoms with van der Waals surface area (Å²) in [6.45, 7) is 8.39. The highest BCUT2D eigenvalue weighted by Crippen LogP contribution is 2.34. The van der Waals surface area contributed by atoms with Crippen LogP contribution in [0.3, 0.4) is 0 Å². The minimum atomic E-state index is -0.329. The third-order valence-corrected chi connectivity index (χ3v) is 3.67. The fourth-order valence-corrected chi connectivity index (χ4v) is 1.77. The van der Waals surface area contributed by atoms with Crippen LogP contribution in [0.5, 0.6) is 0 Å². The molecule has 0 fully saturated rings. The van der Waals surface area contributed by atoms with Crippen LogP contribution in [0, 0.1) is 11.3 Å². The molecule has 1 aliphatic heterocycles. The molecule has 0 aliphatic carbocycles. The number of hydrazone groups is 1. The number of amides is 1. The van der Waals surface area contributed by atoms with E-state index >= 15 is 0 Å². The van der Waals surface area contributed by atoms with Crippen molar-refractivity contribution in [2.45, 2.75) is 33.7 Å². The number of hydrogen-bond acceptors (Lipinski definition) is 5. The molecule has 1 rings (SSSR count). The van der Waals surface area contributed by atoms with E-state index in [1.165, 1.54) is 11.3 Å². The van der Waals surface area contributed by atoms with Crippen LogP contribution in [0.15, 0.2) is 5.10 Å². The number of hydrazine groups is 2. The van der Waals surface area contributed by atoms with Crippen molar-refractivity contribution < 1.29 is 4.79 Å². The molecule has 0 saturated carbocycles. The lowest BCUT2D eigenvalue weighted by Crippen LogP contribution is -2.63. The maximum absolute atomic E-state index is 12.4. The Morgan fingerprint density at radius 1 is 1.35 bits per heavy atom. The molecular weight excluding hydrogens is 218 g/mol. The smallest absolute Gasteiger partial charge is 0.268 e. The van der Waals surface area contributed by atoms with Gasteiger partial charge >= 0.3 is 0 Å². The van der Waals surface area contributed by atoms with Gasteiger partial charge in [0.05, 0.1) is 0 Å². The van der Waals surface area contributed by atoms with Crippen molar-refractivity contribution in [3.63, 3.8) is 0 Å². The van der Waals surface area contributed by atoms with Gasteiger partial charge in [0.2, 0.25) is 0 Å². The first kappa shape index (κ1) is 13.9. The van der Waals surface area contributed by atoms with E-state index in [-0.39, 0.29) is 17.4 Å². The molecule has 0 aromatic rings. The summed E-state index contributed by atoms with van der Waals surface area (Å²) in [5.74, 6) is 0.356. The van der Waals surface area contributed by atoms with Crippen LogP contribution < -0.4 is 10.9 Å². The maximum Gasteiger partial charge on any atom is 0.268 e. The van der Waals surface area contributed by atoms with Gasteiger partial charge in [-0.1, -0.05) is 27.7 Å². The van der Waals surface area contributed by atoms with Crippen molar-refractivity contribution in [1.82, 2.24) is 21.0 Å². The molecule has 2 N–H and O–H groups in total. The lowest BCUT2D eigenvalue weighted by molar-refractivity contribution is -0.145. The predicted octanol–water partition coefficient (Wildman–Crippen LogP) is 0.393. The quantitative estimate of drug-likeness (QED) is 0.747. The van der Waals surface area contributed by atoms with Gasteiger partial charge in [-0.3, -0.25) is 4.79 Å². The van der Waals surface area contributed by atoms with Crippen LogP contribution in [0.2, 0.25) is 0 Å². The molecule has 0 radical (unpaired) electrons. The Morgan fingerprint density at radius 2 is 1.94 bits per heavy atom. The second-order valence-electron chi connectivity index (χ2n) is 5.11. The van der Waals surface area contributed by atoms with E-state index in [0.29, 0.717) is 5.92 Å². The molecule has 98 valence electrons. The van der Waals surface area contributed by atoms with Gasteiger partial charge in [0.15, 0.2) is 0 Å². The Labute approximate surface area is 103 Å². The van der Waals surface area contributed by atoms with Crippen molar-refractivity contribution in [3.05, 3.63) is 0 Å². The summed E-state index contributed by atoms with van der Waals surface area (Å²) >= 11 is 0. The third-order valence-electron chi connectivity index (χ3n) is 3.67. The summed E-state index contributed by atoms with van der Waals surface area (Å²) in [6.07, 6.45) is 1.48. The average Bonchev–Trinajstić information content (AvgIpc) is 2.27. The van der Waals surface area contributed by atoms with Crippen molar-refractivity contribution in [3.8, 4) is 0 Å². The molecular formula is C11H23N5O. The van der Waals surface area contributed by atoms with Gasteiger partial charge in [-0.25, -0.2) is 21.0 Å². The third kappa shape index (κ3) is 2.42. The van der Waals surface area contributed by atoms with Gasteiger partial charge in [-0.05, 0) is 11.3 Å². The standard InChI is InChI=1S/C11H23N5O/c1-8(2)11(3,4)9-10(17)15(12-5)7-14-16(9)13-6/h7-9,12-13H,1-6H3. The first-order valence-corrected chi connectivity index (χ1v) is 5.87. The van der Waals surface area contributed by atoms with E-state index in [1.807, 2.05) is 0 Å². The molecule has 6 nitrogen and oxygen atoms in total. The van der Waals surface area contributed by atoms with E-state index in [1.54, 1.807) is 19.2 Å². The van der Waals surface area contributed by atoms with Crippen LogP contribution >= 0.6 is 0 Å². The van der Waals surface area contributed by atoms with E-state index in [4.69, 9.17) is 0 Å². The number of nitrogens with zero attached hydrogens (tertiary/aromatic N) is 3. The van der Waals surface area contributed by atoms with E-state index in [9.17, 15) is 4.79 Å². The Bertz CT molecular complexity index is 313. The molecule has 0 aromatic carbocycles. The number of nitrogens with one attached hydrogen (secondary N) is 2. The summed E-state index contributed by atoms with van der Waals surface area (Å²) < 4.78 is 0. The highest BCUT2D eigenvalue weighted by Gasteiger charge is 2.45. The lowest BCUT2D eigenvalue weighted by atomic mass is 9.74. The van der Waals surface area contributed by atoms with Gasteiger partial charge in [0.1, 0.15) is 12.4 Å². The highest BCUT2D eigenvalue weighted by atomic mass is 16.2. The zero-order valence-electron chi connectivity index (χ0n) is 11.5. The molecule has 0 spiro atoms. The first-order chi connectivity index (χ1) is 7.86. The fourth-order valence-electron chi connectivity index (χ4n) is 1.77. The lowest BCUT2D eigenvalue weighted by Gasteiger charge is -2.44. The van der Waals surface area contributed by atoms with Gasteiger partial charge in [-0.15, -0.1) is 5.10 Å².